The second-order valence-electron chi connectivity index (χ2n) is 25.7. The lowest BCUT2D eigenvalue weighted by molar-refractivity contribution is -0.180. The number of esters is 4. The van der Waals surface area contributed by atoms with E-state index in [9.17, 15) is 72.0 Å². The molecule has 0 saturated heterocycles. The molecular formula is C73H92O25S4. The van der Waals surface area contributed by atoms with E-state index in [4.69, 9.17) is 40.4 Å². The maximum Gasteiger partial charge on any atom is 0.324 e. The number of carbonyl (C=O) groups excluding carboxylic acids is 8. The first-order valence-corrected chi connectivity index (χ1v) is 37.5. The Hall–Kier alpha value is -8.42. The van der Waals surface area contributed by atoms with Crippen molar-refractivity contribution in [1.82, 2.24) is 0 Å². The molecule has 102 heavy (non-hydrogen) atoms. The van der Waals surface area contributed by atoms with Crippen LogP contribution in [0.1, 0.15) is 151 Å². The topological polar surface area (TPSA) is 356 Å². The molecule has 29 heteroatoms. The number of ketones is 4. The molecule has 2 aliphatic rings. The van der Waals surface area contributed by atoms with Gasteiger partial charge in [-0.05, 0) is 193 Å². The van der Waals surface area contributed by atoms with Crippen LogP contribution >= 0.6 is 0 Å². The SMILES string of the molecule is C=Cc1ccc(S(=O)(=O)OCC(C)(C(C)=O)C(=O)OC(C)(C)C)cc1.C=Cc1ccc(S(=O)(=O)OCC(C)(C(C)=O)C(=O)OC(C)C)cc1.C=Cc1ccc(S(=O)(=O)OCC(C)(C(C)=O)C(=O)OC2CC=CO2)cc1.C=Cc1ccc(S(=O)(=O)OCC(C)(C(C)=O)C(=O)OC2CCCCC2)cc1. The molecule has 0 bridgehead atoms. The summed E-state index contributed by atoms with van der Waals surface area (Å²) in [5.74, 6) is -5.45. The second kappa shape index (κ2) is 37.7. The number of ether oxygens (including phenoxy) is 5. The summed E-state index contributed by atoms with van der Waals surface area (Å²) in [4.78, 5) is 97.0. The number of benzene rings is 4. The quantitative estimate of drug-likeness (QED) is 0.0195. The maximum absolute atomic E-state index is 12.6. The van der Waals surface area contributed by atoms with E-state index in [1.807, 2.05) is 0 Å². The van der Waals surface area contributed by atoms with Crippen molar-refractivity contribution in [1.29, 1.82) is 0 Å². The first kappa shape index (κ1) is 87.8. The maximum atomic E-state index is 12.6. The summed E-state index contributed by atoms with van der Waals surface area (Å²) in [5, 5.41) is 0. The highest BCUT2D eigenvalue weighted by molar-refractivity contribution is 7.87. The molecule has 0 aromatic heterocycles. The minimum Gasteiger partial charge on any atom is -0.462 e. The van der Waals surface area contributed by atoms with Crippen LogP contribution in [0.5, 0.6) is 0 Å². The molecule has 4 aromatic rings. The summed E-state index contributed by atoms with van der Waals surface area (Å²) in [6.45, 7) is 30.1. The Balaban J connectivity index is 0.000000354. The van der Waals surface area contributed by atoms with Crippen LogP contribution in [0.2, 0.25) is 0 Å². The third-order valence-electron chi connectivity index (χ3n) is 16.0. The molecule has 0 spiro atoms. The van der Waals surface area contributed by atoms with E-state index >= 15 is 0 Å². The Morgan fingerprint density at radius 1 is 0.431 bits per heavy atom. The molecular weight excluding hydrogens is 1410 g/mol. The summed E-state index contributed by atoms with van der Waals surface area (Å²) >= 11 is 0. The van der Waals surface area contributed by atoms with E-state index in [1.165, 1.54) is 110 Å². The Labute approximate surface area is 599 Å². The number of Topliss-reactive ketones (excluding diaryl/α,β-unsaturated/α-hetero) is 4. The summed E-state index contributed by atoms with van der Waals surface area (Å²) in [7, 11) is -16.5. The van der Waals surface area contributed by atoms with Crippen molar-refractivity contribution in [3.8, 4) is 0 Å². The monoisotopic (exact) mass is 1500 g/mol. The highest BCUT2D eigenvalue weighted by Gasteiger charge is 2.47. The number of rotatable bonds is 31. The first-order chi connectivity index (χ1) is 47.2. The van der Waals surface area contributed by atoms with Crippen LogP contribution in [-0.2, 0) is 119 Å². The number of carbonyl (C=O) groups is 8. The molecule has 4 aromatic carbocycles. The molecule has 25 nitrogen and oxygen atoms in total. The third kappa shape index (κ3) is 25.5. The zero-order valence-corrected chi connectivity index (χ0v) is 62.9. The number of hydrogen-bond acceptors (Lipinski definition) is 25. The zero-order valence-electron chi connectivity index (χ0n) is 59.7. The van der Waals surface area contributed by atoms with Crippen molar-refractivity contribution in [2.75, 3.05) is 26.4 Å². The third-order valence-corrected chi connectivity index (χ3v) is 21.1. The predicted octanol–water partition coefficient (Wildman–Crippen LogP) is 11.5. The molecule has 6 rings (SSSR count). The molecule has 1 aliphatic carbocycles. The van der Waals surface area contributed by atoms with E-state index in [-0.39, 0.29) is 25.7 Å². The minimum atomic E-state index is -4.15. The van der Waals surface area contributed by atoms with Crippen molar-refractivity contribution in [2.24, 2.45) is 21.7 Å². The molecule has 1 heterocycles. The molecule has 0 N–H and O–H groups in total. The average molecular weight is 1500 g/mol. The van der Waals surface area contributed by atoms with Gasteiger partial charge in [-0.15, -0.1) is 0 Å². The predicted molar refractivity (Wildman–Crippen MR) is 379 cm³/mol. The van der Waals surface area contributed by atoms with Crippen LogP contribution in [0.3, 0.4) is 0 Å². The van der Waals surface area contributed by atoms with Crippen molar-refractivity contribution in [2.45, 2.75) is 172 Å². The lowest BCUT2D eigenvalue weighted by Crippen LogP contribution is -2.44. The van der Waals surface area contributed by atoms with Gasteiger partial charge in [0.05, 0.1) is 58.4 Å². The highest BCUT2D eigenvalue weighted by Crippen LogP contribution is 2.32. The normalized spacial score (nSPS) is 16.3. The van der Waals surface area contributed by atoms with Gasteiger partial charge in [0.15, 0.2) is 0 Å². The standard InChI is InChI=1S/C20H26O6S.C18H20O7S.C18H24O6S.C17H22O6S/c1-4-16-10-12-18(13-11-16)27(23,24)25-14-20(3,15(2)21)19(22)26-17-8-6-5-7-9-17;1-4-14-7-9-15(10-8-14)26(21,22)24-12-18(3,13(2)19)17(20)25-16-6-5-11-23-16;1-7-14-8-10-15(11-9-14)25(21,22)23-12-18(6,13(2)19)16(20)24-17(3,4)5;1-6-14-7-9-15(10-8-14)24(20,21)22-11-17(5,13(4)18)16(19)23-12(2)3/h4,10-13,17H,1,5-9,14H2,2-3H3;4-5,7-11,16H,1,6,12H2,2-3H3;7-11H,1,12H2,2-6H3;6-10,12H,1,11H2,2-5H3. The lowest BCUT2D eigenvalue weighted by atomic mass is 9.87. The van der Waals surface area contributed by atoms with Gasteiger partial charge in [0.25, 0.3) is 40.5 Å². The van der Waals surface area contributed by atoms with Gasteiger partial charge in [-0.3, -0.25) is 55.1 Å². The summed E-state index contributed by atoms with van der Waals surface area (Å²) in [6.07, 6.45) is 12.8. The largest absolute Gasteiger partial charge is 0.462 e. The van der Waals surface area contributed by atoms with Crippen molar-refractivity contribution < 1.29 is 112 Å². The van der Waals surface area contributed by atoms with Crippen LogP contribution in [0.15, 0.2) is 155 Å². The molecule has 1 fully saturated rings. The molecule has 5 atom stereocenters. The number of hydrogen-bond donors (Lipinski definition) is 0. The van der Waals surface area contributed by atoms with E-state index < -0.39 is 154 Å². The first-order valence-electron chi connectivity index (χ1n) is 31.9. The zero-order chi connectivity index (χ0) is 77.5. The van der Waals surface area contributed by atoms with Crippen LogP contribution < -0.4 is 0 Å². The van der Waals surface area contributed by atoms with Gasteiger partial charge in [0, 0.05) is 6.42 Å². The van der Waals surface area contributed by atoms with Crippen molar-refractivity contribution in [3.05, 3.63) is 158 Å². The van der Waals surface area contributed by atoms with E-state index in [0.29, 0.717) is 6.42 Å². The van der Waals surface area contributed by atoms with Crippen LogP contribution in [0.4, 0.5) is 0 Å². The average Bonchev–Trinajstić information content (AvgIpc) is 0.901. The highest BCUT2D eigenvalue weighted by atomic mass is 32.2. The van der Waals surface area contributed by atoms with Gasteiger partial charge in [0.1, 0.15) is 56.5 Å². The Morgan fingerprint density at radius 2 is 0.706 bits per heavy atom. The molecule has 558 valence electrons. The van der Waals surface area contributed by atoms with Crippen LogP contribution in [-0.4, -0.2) is 131 Å². The Bertz CT molecular complexity index is 4160. The summed E-state index contributed by atoms with van der Waals surface area (Å²) in [6, 6.07) is 23.5. The Kier molecular flexibility index (Phi) is 32.4. The summed E-state index contributed by atoms with van der Waals surface area (Å²) < 4.78 is 144. The van der Waals surface area contributed by atoms with Gasteiger partial charge >= 0.3 is 23.9 Å². The van der Waals surface area contributed by atoms with Gasteiger partial charge < -0.3 is 23.7 Å². The van der Waals surface area contributed by atoms with Crippen molar-refractivity contribution >= 4 is 112 Å². The fourth-order valence-electron chi connectivity index (χ4n) is 8.24. The van der Waals surface area contributed by atoms with E-state index in [0.717, 1.165) is 54.4 Å². The van der Waals surface area contributed by atoms with Gasteiger partial charge in [0.2, 0.25) is 6.29 Å². The molecule has 5 unspecified atom stereocenters. The smallest absolute Gasteiger partial charge is 0.324 e. The van der Waals surface area contributed by atoms with Crippen molar-refractivity contribution in [3.63, 3.8) is 0 Å². The molecule has 0 amide bonds. The fraction of sp³-hybridized carbons (Fsp3) is 0.425. The van der Waals surface area contributed by atoms with Crippen LogP contribution in [0, 0.1) is 21.7 Å². The van der Waals surface area contributed by atoms with Gasteiger partial charge in [-0.2, -0.15) is 33.7 Å². The molecule has 1 saturated carbocycles. The van der Waals surface area contributed by atoms with Gasteiger partial charge in [-0.25, -0.2) is 0 Å². The van der Waals surface area contributed by atoms with Gasteiger partial charge in [-0.1, -0.05) is 106 Å². The lowest BCUT2D eigenvalue weighted by Gasteiger charge is -2.29. The Morgan fingerprint density at radius 3 is 0.951 bits per heavy atom. The summed E-state index contributed by atoms with van der Waals surface area (Å²) in [5.41, 5.74) is -4.67. The minimum absolute atomic E-state index is 0.0559. The second-order valence-corrected chi connectivity index (χ2v) is 32.2. The van der Waals surface area contributed by atoms with E-state index in [2.05, 4.69) is 26.3 Å². The van der Waals surface area contributed by atoms with E-state index in [1.54, 1.807) is 114 Å². The molecule has 1 aliphatic heterocycles. The molecule has 0 radical (unpaired) electrons. The fourth-order valence-corrected chi connectivity index (χ4v) is 12.2. The van der Waals surface area contributed by atoms with Crippen LogP contribution in [0.25, 0.3) is 24.3 Å².